The molecule has 76 valence electrons. The molecule has 0 amide bonds. The van der Waals surface area contributed by atoms with Crippen LogP contribution in [0.15, 0.2) is 66.3 Å². The van der Waals surface area contributed by atoms with E-state index >= 15 is 0 Å². The predicted molar refractivity (Wildman–Crippen MR) is 68.4 cm³/mol. The second kappa shape index (κ2) is 6.04. The summed E-state index contributed by atoms with van der Waals surface area (Å²) < 4.78 is 0. The first-order valence-corrected chi connectivity index (χ1v) is 5.03. The van der Waals surface area contributed by atoms with E-state index in [0.717, 1.165) is 16.2 Å². The SMILES string of the molecule is C=C(S)/C=C\C(=C)/C=C/c1cccc[nH+]1. The largest absolute Gasteiger partial charge is 0.212 e. The fourth-order valence-corrected chi connectivity index (χ4v) is 1.04. The van der Waals surface area contributed by atoms with Gasteiger partial charge in [-0.3, -0.25) is 0 Å². The van der Waals surface area contributed by atoms with E-state index in [9.17, 15) is 0 Å². The molecule has 0 saturated heterocycles. The van der Waals surface area contributed by atoms with Gasteiger partial charge in [0.15, 0.2) is 6.20 Å². The molecule has 0 spiro atoms. The van der Waals surface area contributed by atoms with Crippen LogP contribution in [0.2, 0.25) is 0 Å². The van der Waals surface area contributed by atoms with Crippen molar-refractivity contribution in [3.05, 3.63) is 72.0 Å². The first kappa shape index (κ1) is 11.5. The molecule has 0 radical (unpaired) electrons. The minimum atomic E-state index is 0.718. The second-order valence-electron chi connectivity index (χ2n) is 3.05. The summed E-state index contributed by atoms with van der Waals surface area (Å²) in [6.07, 6.45) is 9.46. The first-order chi connectivity index (χ1) is 7.18. The van der Waals surface area contributed by atoms with Gasteiger partial charge in [0.25, 0.3) is 0 Å². The Bertz CT molecular complexity index is 402. The number of hydrogen-bond donors (Lipinski definition) is 1. The number of nitrogens with one attached hydrogen (secondary N) is 1. The van der Waals surface area contributed by atoms with Gasteiger partial charge in [-0.1, -0.05) is 19.2 Å². The van der Waals surface area contributed by atoms with Gasteiger partial charge in [-0.05, 0) is 28.7 Å². The quantitative estimate of drug-likeness (QED) is 0.587. The molecule has 1 heterocycles. The maximum absolute atomic E-state index is 4.06. The third-order valence-corrected chi connectivity index (χ3v) is 1.85. The van der Waals surface area contributed by atoms with E-state index in [1.54, 1.807) is 0 Å². The Balaban J connectivity index is 2.59. The number of thiol groups is 1. The molecule has 0 unspecified atom stereocenters. The van der Waals surface area contributed by atoms with Crippen LogP contribution in [0.1, 0.15) is 5.69 Å². The van der Waals surface area contributed by atoms with Crippen molar-refractivity contribution in [2.24, 2.45) is 0 Å². The lowest BCUT2D eigenvalue weighted by atomic mass is 10.2. The summed E-state index contributed by atoms with van der Waals surface area (Å²) in [5.41, 5.74) is 1.94. The highest BCUT2D eigenvalue weighted by molar-refractivity contribution is 7.84. The molecule has 2 heteroatoms. The minimum Gasteiger partial charge on any atom is -0.212 e. The second-order valence-corrected chi connectivity index (χ2v) is 3.63. The molecule has 0 saturated carbocycles. The van der Waals surface area contributed by atoms with Gasteiger partial charge in [-0.15, -0.1) is 12.6 Å². The van der Waals surface area contributed by atoms with Crippen molar-refractivity contribution in [3.8, 4) is 0 Å². The van der Waals surface area contributed by atoms with Crippen molar-refractivity contribution in [1.29, 1.82) is 0 Å². The van der Waals surface area contributed by atoms with Crippen molar-refractivity contribution in [1.82, 2.24) is 0 Å². The molecular weight excluding hydrogens is 202 g/mol. The monoisotopic (exact) mass is 216 g/mol. The number of hydrogen-bond acceptors (Lipinski definition) is 1. The molecular formula is C13H14NS+. The van der Waals surface area contributed by atoms with Crippen molar-refractivity contribution in [2.75, 3.05) is 0 Å². The number of H-pyrrole nitrogens is 1. The third-order valence-electron chi connectivity index (χ3n) is 1.70. The van der Waals surface area contributed by atoms with Gasteiger partial charge in [-0.2, -0.15) is 0 Å². The summed E-state index contributed by atoms with van der Waals surface area (Å²) in [6, 6.07) is 5.91. The third kappa shape index (κ3) is 5.03. The summed E-state index contributed by atoms with van der Waals surface area (Å²) >= 11 is 4.06. The van der Waals surface area contributed by atoms with Gasteiger partial charge in [0.1, 0.15) is 0 Å². The Kier molecular flexibility index (Phi) is 4.64. The Morgan fingerprint density at radius 2 is 2.00 bits per heavy atom. The lowest BCUT2D eigenvalue weighted by Gasteiger charge is -1.88. The van der Waals surface area contributed by atoms with Crippen LogP contribution in [0.25, 0.3) is 6.08 Å². The molecule has 1 nitrogen and oxygen atoms in total. The summed E-state index contributed by atoms with van der Waals surface area (Å²) in [5, 5.41) is 0. The van der Waals surface area contributed by atoms with Gasteiger partial charge in [0.05, 0.1) is 0 Å². The maximum atomic E-state index is 4.06. The molecule has 0 aliphatic rings. The zero-order chi connectivity index (χ0) is 11.1. The normalized spacial score (nSPS) is 11.0. The number of rotatable bonds is 4. The number of pyridine rings is 1. The first-order valence-electron chi connectivity index (χ1n) is 4.58. The lowest BCUT2D eigenvalue weighted by molar-refractivity contribution is -0.380. The summed E-state index contributed by atoms with van der Waals surface area (Å²) in [7, 11) is 0. The highest BCUT2D eigenvalue weighted by atomic mass is 32.1. The molecule has 1 aromatic rings. The highest BCUT2D eigenvalue weighted by Crippen LogP contribution is 2.04. The highest BCUT2D eigenvalue weighted by Gasteiger charge is 1.90. The number of allylic oxidation sites excluding steroid dienone is 4. The van der Waals surface area contributed by atoms with Gasteiger partial charge in [0, 0.05) is 18.2 Å². The van der Waals surface area contributed by atoms with Crippen molar-refractivity contribution >= 4 is 18.7 Å². The van der Waals surface area contributed by atoms with E-state index in [2.05, 4.69) is 30.8 Å². The van der Waals surface area contributed by atoms with Crippen molar-refractivity contribution < 1.29 is 4.98 Å². The van der Waals surface area contributed by atoms with Crippen molar-refractivity contribution in [2.45, 2.75) is 0 Å². The molecule has 1 aromatic heterocycles. The van der Waals surface area contributed by atoms with E-state index in [4.69, 9.17) is 0 Å². The summed E-state index contributed by atoms with van der Waals surface area (Å²) in [6.45, 7) is 7.53. The molecule has 0 bridgehead atoms. The Morgan fingerprint density at radius 3 is 2.60 bits per heavy atom. The van der Waals surface area contributed by atoms with Crippen molar-refractivity contribution in [3.63, 3.8) is 0 Å². The van der Waals surface area contributed by atoms with Gasteiger partial charge in [-0.25, -0.2) is 4.98 Å². The molecule has 1 N–H and O–H groups in total. The van der Waals surface area contributed by atoms with E-state index in [1.807, 2.05) is 48.7 Å². The summed E-state index contributed by atoms with van der Waals surface area (Å²) in [4.78, 5) is 3.82. The Hall–Kier alpha value is -1.54. The van der Waals surface area contributed by atoms with Crippen LogP contribution in [-0.2, 0) is 0 Å². The lowest BCUT2D eigenvalue weighted by Crippen LogP contribution is -2.03. The minimum absolute atomic E-state index is 0.718. The van der Waals surface area contributed by atoms with E-state index in [1.165, 1.54) is 0 Å². The fraction of sp³-hybridized carbons (Fsp3) is 0. The number of aromatic amines is 1. The zero-order valence-corrected chi connectivity index (χ0v) is 9.37. The molecule has 0 aliphatic carbocycles. The van der Waals surface area contributed by atoms with Crippen LogP contribution in [-0.4, -0.2) is 0 Å². The smallest absolute Gasteiger partial charge is 0.203 e. The fourth-order valence-electron chi connectivity index (χ4n) is 0.967. The Morgan fingerprint density at radius 1 is 1.20 bits per heavy atom. The molecule has 0 atom stereocenters. The average molecular weight is 216 g/mol. The molecule has 0 aliphatic heterocycles. The number of aromatic nitrogens is 1. The Labute approximate surface area is 96.0 Å². The van der Waals surface area contributed by atoms with Crippen LogP contribution in [0.5, 0.6) is 0 Å². The van der Waals surface area contributed by atoms with E-state index < -0.39 is 0 Å². The van der Waals surface area contributed by atoms with Crippen LogP contribution < -0.4 is 4.98 Å². The summed E-state index contributed by atoms with van der Waals surface area (Å²) in [5.74, 6) is 0. The maximum Gasteiger partial charge on any atom is 0.203 e. The molecule has 15 heavy (non-hydrogen) atoms. The standard InChI is InChI=1S/C13H13NS/c1-11(6-8-12(2)15)7-9-13-5-3-4-10-14-13/h3-10,15H,1-2H2/p+1/b8-6-,9-7+. The van der Waals surface area contributed by atoms with Gasteiger partial charge < -0.3 is 0 Å². The van der Waals surface area contributed by atoms with Crippen LogP contribution in [0, 0.1) is 0 Å². The van der Waals surface area contributed by atoms with E-state index in [-0.39, 0.29) is 0 Å². The average Bonchev–Trinajstić information content (AvgIpc) is 2.25. The molecule has 0 aromatic carbocycles. The molecule has 1 rings (SSSR count). The topological polar surface area (TPSA) is 14.1 Å². The van der Waals surface area contributed by atoms with Gasteiger partial charge in [0.2, 0.25) is 5.69 Å². The van der Waals surface area contributed by atoms with Crippen LogP contribution in [0.4, 0.5) is 0 Å². The van der Waals surface area contributed by atoms with Crippen LogP contribution >= 0.6 is 12.6 Å². The van der Waals surface area contributed by atoms with E-state index in [0.29, 0.717) is 0 Å². The van der Waals surface area contributed by atoms with Gasteiger partial charge >= 0.3 is 0 Å². The van der Waals surface area contributed by atoms with Crippen LogP contribution in [0.3, 0.4) is 0 Å². The predicted octanol–water partition coefficient (Wildman–Crippen LogP) is 3.07. The molecule has 0 fully saturated rings. The zero-order valence-electron chi connectivity index (χ0n) is 8.48.